The Morgan fingerprint density at radius 1 is 1.40 bits per heavy atom. The molecule has 0 fully saturated rings. The lowest BCUT2D eigenvalue weighted by atomic mass is 9.88. The monoisotopic (exact) mass is 206 g/mol. The molecular formula is C12H18N2O. The highest BCUT2D eigenvalue weighted by Crippen LogP contribution is 2.20. The molecule has 0 unspecified atom stereocenters. The average molecular weight is 206 g/mol. The Balaban J connectivity index is 2.88. The van der Waals surface area contributed by atoms with Gasteiger partial charge in [-0.2, -0.15) is 0 Å². The molecule has 82 valence electrons. The molecule has 1 aromatic rings. The quantitative estimate of drug-likeness (QED) is 0.804. The second kappa shape index (κ2) is 4.43. The molecule has 0 aliphatic carbocycles. The van der Waals surface area contributed by atoms with Gasteiger partial charge in [0.15, 0.2) is 0 Å². The van der Waals surface area contributed by atoms with Gasteiger partial charge in [0.2, 0.25) is 0 Å². The van der Waals surface area contributed by atoms with E-state index in [2.05, 4.69) is 31.1 Å². The number of pyridine rings is 1. The van der Waals surface area contributed by atoms with E-state index in [1.54, 1.807) is 13.2 Å². The van der Waals surface area contributed by atoms with E-state index >= 15 is 0 Å². The topological polar surface area (TPSA) is 42.0 Å². The number of hydrogen-bond acceptors (Lipinski definition) is 2. The van der Waals surface area contributed by atoms with Crippen LogP contribution in [0.25, 0.3) is 0 Å². The van der Waals surface area contributed by atoms with Crippen LogP contribution in [0.4, 0.5) is 0 Å². The predicted octanol–water partition coefficient (Wildman–Crippen LogP) is 2.03. The summed E-state index contributed by atoms with van der Waals surface area (Å²) in [7, 11) is 1.62. The van der Waals surface area contributed by atoms with Gasteiger partial charge in [-0.05, 0) is 23.5 Å². The van der Waals surface area contributed by atoms with Crippen LogP contribution >= 0.6 is 0 Å². The molecule has 3 heteroatoms. The van der Waals surface area contributed by atoms with Gasteiger partial charge in [-0.3, -0.25) is 9.78 Å². The number of carbonyl (C=O) groups is 1. The lowest BCUT2D eigenvalue weighted by Crippen LogP contribution is -2.18. The van der Waals surface area contributed by atoms with Crippen molar-refractivity contribution in [3.05, 3.63) is 29.6 Å². The lowest BCUT2D eigenvalue weighted by Gasteiger charge is -2.17. The van der Waals surface area contributed by atoms with Crippen LogP contribution in [0.3, 0.4) is 0 Å². The molecular weight excluding hydrogens is 188 g/mol. The summed E-state index contributed by atoms with van der Waals surface area (Å²) in [5.41, 5.74) is 1.94. The number of nitrogens with zero attached hydrogens (tertiary/aromatic N) is 1. The molecule has 3 nitrogen and oxygen atoms in total. The Hall–Kier alpha value is -1.38. The van der Waals surface area contributed by atoms with Gasteiger partial charge in [-0.1, -0.05) is 20.8 Å². The smallest absolute Gasteiger partial charge is 0.252 e. The maximum Gasteiger partial charge on any atom is 0.252 e. The van der Waals surface area contributed by atoms with Crippen LogP contribution in [0.1, 0.15) is 36.7 Å². The van der Waals surface area contributed by atoms with Crippen LogP contribution < -0.4 is 5.32 Å². The van der Waals surface area contributed by atoms with Crippen molar-refractivity contribution in [2.45, 2.75) is 27.2 Å². The van der Waals surface area contributed by atoms with Gasteiger partial charge < -0.3 is 5.32 Å². The van der Waals surface area contributed by atoms with Crippen molar-refractivity contribution in [1.82, 2.24) is 10.3 Å². The van der Waals surface area contributed by atoms with E-state index in [-0.39, 0.29) is 11.3 Å². The van der Waals surface area contributed by atoms with Gasteiger partial charge in [-0.15, -0.1) is 0 Å². The molecule has 0 spiro atoms. The fourth-order valence-electron chi connectivity index (χ4n) is 1.47. The third kappa shape index (κ3) is 3.70. The molecule has 0 saturated heterocycles. The molecule has 0 radical (unpaired) electrons. The van der Waals surface area contributed by atoms with Crippen LogP contribution in [0.5, 0.6) is 0 Å². The summed E-state index contributed by atoms with van der Waals surface area (Å²) in [6, 6.07) is 1.90. The molecule has 0 atom stereocenters. The molecule has 15 heavy (non-hydrogen) atoms. The Labute approximate surface area is 90.9 Å². The molecule has 1 amide bonds. The van der Waals surface area contributed by atoms with Crippen molar-refractivity contribution in [3.8, 4) is 0 Å². The molecule has 1 heterocycles. The predicted molar refractivity (Wildman–Crippen MR) is 60.8 cm³/mol. The van der Waals surface area contributed by atoms with E-state index in [1.807, 2.05) is 12.3 Å². The van der Waals surface area contributed by atoms with E-state index in [9.17, 15) is 4.79 Å². The zero-order valence-corrected chi connectivity index (χ0v) is 9.79. The summed E-state index contributed by atoms with van der Waals surface area (Å²) in [6.07, 6.45) is 4.33. The van der Waals surface area contributed by atoms with Gasteiger partial charge >= 0.3 is 0 Å². The Kier molecular flexibility index (Phi) is 3.45. The van der Waals surface area contributed by atoms with Gasteiger partial charge in [0.1, 0.15) is 0 Å². The van der Waals surface area contributed by atoms with E-state index < -0.39 is 0 Å². The van der Waals surface area contributed by atoms with E-state index in [0.29, 0.717) is 5.56 Å². The normalized spacial score (nSPS) is 11.2. The number of amides is 1. The summed E-state index contributed by atoms with van der Waals surface area (Å²) in [5, 5.41) is 2.59. The van der Waals surface area contributed by atoms with Crippen LogP contribution in [-0.4, -0.2) is 17.9 Å². The molecule has 0 aromatic carbocycles. The van der Waals surface area contributed by atoms with Crippen molar-refractivity contribution in [2.75, 3.05) is 7.05 Å². The Morgan fingerprint density at radius 2 is 2.07 bits per heavy atom. The van der Waals surface area contributed by atoms with Gasteiger partial charge in [0.25, 0.3) is 5.91 Å². The van der Waals surface area contributed by atoms with Crippen molar-refractivity contribution in [2.24, 2.45) is 5.41 Å². The lowest BCUT2D eigenvalue weighted by molar-refractivity contribution is 0.0962. The summed E-state index contributed by atoms with van der Waals surface area (Å²) < 4.78 is 0. The van der Waals surface area contributed by atoms with Crippen molar-refractivity contribution in [1.29, 1.82) is 0 Å². The number of carbonyl (C=O) groups excluding carboxylic acids is 1. The summed E-state index contributed by atoms with van der Waals surface area (Å²) in [4.78, 5) is 15.5. The third-order valence-corrected chi connectivity index (χ3v) is 2.02. The minimum atomic E-state index is -0.0849. The third-order valence-electron chi connectivity index (χ3n) is 2.02. The minimum absolute atomic E-state index is 0.0849. The largest absolute Gasteiger partial charge is 0.355 e. The summed E-state index contributed by atoms with van der Waals surface area (Å²) in [5.74, 6) is -0.0849. The van der Waals surface area contributed by atoms with Crippen LogP contribution in [0.15, 0.2) is 18.5 Å². The Morgan fingerprint density at radius 3 is 2.60 bits per heavy atom. The fourth-order valence-corrected chi connectivity index (χ4v) is 1.47. The van der Waals surface area contributed by atoms with Crippen molar-refractivity contribution < 1.29 is 4.79 Å². The maximum absolute atomic E-state index is 11.4. The number of rotatable bonds is 2. The first-order valence-electron chi connectivity index (χ1n) is 5.08. The summed E-state index contributed by atoms with van der Waals surface area (Å²) in [6.45, 7) is 6.50. The SMILES string of the molecule is CNC(=O)c1cncc(CC(C)(C)C)c1. The average Bonchev–Trinajstić information content (AvgIpc) is 2.14. The molecule has 0 bridgehead atoms. The molecule has 0 aliphatic rings. The highest BCUT2D eigenvalue weighted by atomic mass is 16.1. The van der Waals surface area contributed by atoms with Gasteiger partial charge in [-0.25, -0.2) is 0 Å². The molecule has 1 rings (SSSR count). The second-order valence-electron chi connectivity index (χ2n) is 4.90. The number of nitrogens with one attached hydrogen (secondary N) is 1. The highest BCUT2D eigenvalue weighted by molar-refractivity contribution is 5.93. The van der Waals surface area contributed by atoms with Crippen LogP contribution in [-0.2, 0) is 6.42 Å². The van der Waals surface area contributed by atoms with Crippen molar-refractivity contribution >= 4 is 5.91 Å². The van der Waals surface area contributed by atoms with Crippen LogP contribution in [0, 0.1) is 5.41 Å². The molecule has 0 aliphatic heterocycles. The molecule has 1 N–H and O–H groups in total. The molecule has 0 saturated carbocycles. The zero-order valence-electron chi connectivity index (χ0n) is 9.79. The maximum atomic E-state index is 11.4. The standard InChI is InChI=1S/C12H18N2O/c1-12(2,3)6-9-5-10(8-14-7-9)11(15)13-4/h5,7-8H,6H2,1-4H3,(H,13,15). The minimum Gasteiger partial charge on any atom is -0.355 e. The van der Waals surface area contributed by atoms with E-state index in [4.69, 9.17) is 0 Å². The van der Waals surface area contributed by atoms with Gasteiger partial charge in [0.05, 0.1) is 5.56 Å². The first-order chi connectivity index (χ1) is 6.92. The van der Waals surface area contributed by atoms with Crippen molar-refractivity contribution in [3.63, 3.8) is 0 Å². The number of hydrogen-bond donors (Lipinski definition) is 1. The van der Waals surface area contributed by atoms with Gasteiger partial charge in [0, 0.05) is 19.4 Å². The first-order valence-corrected chi connectivity index (χ1v) is 5.08. The second-order valence-corrected chi connectivity index (χ2v) is 4.90. The Bertz CT molecular complexity index is 353. The van der Waals surface area contributed by atoms with Crippen LogP contribution in [0.2, 0.25) is 0 Å². The van der Waals surface area contributed by atoms with E-state index in [1.165, 1.54) is 0 Å². The highest BCUT2D eigenvalue weighted by Gasteiger charge is 2.12. The summed E-state index contributed by atoms with van der Waals surface area (Å²) >= 11 is 0. The number of aromatic nitrogens is 1. The molecule has 1 aromatic heterocycles. The zero-order chi connectivity index (χ0) is 11.5. The van der Waals surface area contributed by atoms with E-state index in [0.717, 1.165) is 12.0 Å². The fraction of sp³-hybridized carbons (Fsp3) is 0.500. The first kappa shape index (κ1) is 11.7.